The van der Waals surface area contributed by atoms with Gasteiger partial charge in [-0.2, -0.15) is 0 Å². The number of para-hydroxylation sites is 4. The van der Waals surface area contributed by atoms with Crippen molar-refractivity contribution in [3.8, 4) is 28.3 Å². The van der Waals surface area contributed by atoms with Crippen LogP contribution in [0.15, 0.2) is 182 Å². The minimum absolute atomic E-state index is 0.723. The Labute approximate surface area is 320 Å². The second-order valence-electron chi connectivity index (χ2n) is 15.0. The van der Waals surface area contributed by atoms with Crippen LogP contribution in [0.3, 0.4) is 0 Å². The topological polar surface area (TPSA) is 35.1 Å². The van der Waals surface area contributed by atoms with Crippen molar-refractivity contribution < 1.29 is 0 Å². The first-order valence-electron chi connectivity index (χ1n) is 19.2. The van der Waals surface area contributed by atoms with Gasteiger partial charge in [-0.1, -0.05) is 127 Å². The van der Waals surface area contributed by atoms with Crippen LogP contribution in [-0.4, -0.2) is 18.9 Å². The van der Waals surface area contributed by atoms with Gasteiger partial charge in [0, 0.05) is 54.5 Å². The van der Waals surface area contributed by atoms with Crippen molar-refractivity contribution in [3.63, 3.8) is 0 Å². The van der Waals surface area contributed by atoms with E-state index in [0.717, 1.165) is 39.2 Å². The van der Waals surface area contributed by atoms with Crippen LogP contribution in [0, 0.1) is 0 Å². The number of hydrogen-bond donors (Lipinski definition) is 0. The summed E-state index contributed by atoms with van der Waals surface area (Å²) in [5.41, 5.74) is 11.1. The Bertz CT molecular complexity index is 3770. The average molecular weight is 711 g/mol. The Morgan fingerprint density at radius 1 is 0.357 bits per heavy atom. The van der Waals surface area contributed by atoms with E-state index >= 15 is 0 Å². The standard InChI is InChI=1S/C52H30N4/c1-2-12-32-27-35(24-23-31(32)11-1)52-53-44-20-6-3-17-40(44)50(54-52)34-13-9-14-36(28-34)55-45-21-7-5-16-38(45)43-29-33-25-26-47-49(42(33)30-48(43)55)41-19-10-18-39-37-15-4-8-22-46(37)56(47)51(39)41/h1-30H. The highest BCUT2D eigenvalue weighted by Crippen LogP contribution is 2.44. The number of aromatic nitrogens is 4. The monoisotopic (exact) mass is 710 g/mol. The molecule has 0 atom stereocenters. The Morgan fingerprint density at radius 3 is 1.98 bits per heavy atom. The van der Waals surface area contributed by atoms with E-state index in [1.807, 2.05) is 0 Å². The quantitative estimate of drug-likeness (QED) is 0.183. The second-order valence-corrected chi connectivity index (χ2v) is 15.0. The molecule has 4 nitrogen and oxygen atoms in total. The summed E-state index contributed by atoms with van der Waals surface area (Å²) >= 11 is 0. The van der Waals surface area contributed by atoms with Gasteiger partial charge in [-0.25, -0.2) is 9.97 Å². The summed E-state index contributed by atoms with van der Waals surface area (Å²) in [7, 11) is 0. The van der Waals surface area contributed by atoms with Crippen molar-refractivity contribution in [3.05, 3.63) is 182 Å². The Morgan fingerprint density at radius 2 is 1.07 bits per heavy atom. The molecule has 0 spiro atoms. The van der Waals surface area contributed by atoms with Crippen molar-refractivity contribution in [2.24, 2.45) is 0 Å². The first-order chi connectivity index (χ1) is 27.8. The van der Waals surface area contributed by atoms with Crippen molar-refractivity contribution >= 4 is 92.3 Å². The first kappa shape index (κ1) is 29.8. The highest BCUT2D eigenvalue weighted by Gasteiger charge is 2.21. The maximum Gasteiger partial charge on any atom is 0.160 e. The van der Waals surface area contributed by atoms with Crippen molar-refractivity contribution in [1.82, 2.24) is 18.9 Å². The van der Waals surface area contributed by atoms with E-state index in [2.05, 4.69) is 191 Å². The van der Waals surface area contributed by atoms with Crippen LogP contribution < -0.4 is 0 Å². The molecule has 0 fully saturated rings. The Balaban J connectivity index is 1.07. The lowest BCUT2D eigenvalue weighted by Crippen LogP contribution is -1.97. The summed E-state index contributed by atoms with van der Waals surface area (Å²) in [5.74, 6) is 0.723. The molecule has 4 aromatic heterocycles. The van der Waals surface area contributed by atoms with E-state index in [0.29, 0.717) is 0 Å². The van der Waals surface area contributed by atoms with Crippen LogP contribution >= 0.6 is 0 Å². The molecule has 0 aliphatic carbocycles. The normalized spacial score (nSPS) is 12.3. The molecule has 0 amide bonds. The molecule has 13 rings (SSSR count). The highest BCUT2D eigenvalue weighted by atomic mass is 15.0. The van der Waals surface area contributed by atoms with Crippen LogP contribution in [0.1, 0.15) is 0 Å². The molecule has 0 aliphatic heterocycles. The predicted octanol–water partition coefficient (Wildman–Crippen LogP) is 13.5. The SMILES string of the molecule is c1cc(-c2nc(-c3ccc4ccccc4c3)nc3ccccc23)cc(-n2c3ccccc3c3cc4ccc5c(c4cc32)c2cccc3c4ccccc4n5c32)c1. The number of nitrogens with zero attached hydrogens (tertiary/aromatic N) is 4. The zero-order valence-electron chi connectivity index (χ0n) is 30.1. The fourth-order valence-corrected chi connectivity index (χ4v) is 9.54. The van der Waals surface area contributed by atoms with E-state index in [4.69, 9.17) is 9.97 Å². The van der Waals surface area contributed by atoms with Crippen LogP contribution in [-0.2, 0) is 0 Å². The molecule has 0 aliphatic rings. The van der Waals surface area contributed by atoms with Crippen LogP contribution in [0.25, 0.3) is 121 Å². The highest BCUT2D eigenvalue weighted by molar-refractivity contribution is 6.30. The van der Waals surface area contributed by atoms with Gasteiger partial charge in [-0.05, 0) is 76.1 Å². The lowest BCUT2D eigenvalue weighted by atomic mass is 10.00. The van der Waals surface area contributed by atoms with E-state index in [9.17, 15) is 0 Å². The number of hydrogen-bond acceptors (Lipinski definition) is 2. The third-order valence-corrected chi connectivity index (χ3v) is 12.0. The molecular formula is C52H30N4. The van der Waals surface area contributed by atoms with E-state index in [1.54, 1.807) is 0 Å². The second kappa shape index (κ2) is 11.0. The maximum absolute atomic E-state index is 5.31. The molecule has 0 unspecified atom stereocenters. The number of rotatable bonds is 3. The van der Waals surface area contributed by atoms with Gasteiger partial charge in [0.25, 0.3) is 0 Å². The molecule has 258 valence electrons. The fourth-order valence-electron chi connectivity index (χ4n) is 9.54. The summed E-state index contributed by atoms with van der Waals surface area (Å²) in [6, 6.07) is 65.9. The molecule has 0 saturated carbocycles. The third kappa shape index (κ3) is 4.02. The van der Waals surface area contributed by atoms with Gasteiger partial charge in [0.1, 0.15) is 0 Å². The molecule has 0 bridgehead atoms. The van der Waals surface area contributed by atoms with Crippen LogP contribution in [0.5, 0.6) is 0 Å². The van der Waals surface area contributed by atoms with Crippen LogP contribution in [0.2, 0.25) is 0 Å². The molecule has 13 aromatic rings. The van der Waals surface area contributed by atoms with Gasteiger partial charge in [0.15, 0.2) is 5.82 Å². The third-order valence-electron chi connectivity index (χ3n) is 12.0. The zero-order chi connectivity index (χ0) is 36.5. The predicted molar refractivity (Wildman–Crippen MR) is 234 cm³/mol. The molecule has 56 heavy (non-hydrogen) atoms. The molecule has 9 aromatic carbocycles. The molecule has 0 radical (unpaired) electrons. The number of benzene rings is 9. The summed E-state index contributed by atoms with van der Waals surface area (Å²) in [4.78, 5) is 10.4. The van der Waals surface area contributed by atoms with Gasteiger partial charge in [-0.3, -0.25) is 0 Å². The molecule has 4 heteroatoms. The van der Waals surface area contributed by atoms with Gasteiger partial charge in [0.05, 0.1) is 38.8 Å². The minimum atomic E-state index is 0.723. The Kier molecular flexibility index (Phi) is 5.86. The largest absolute Gasteiger partial charge is 0.309 e. The summed E-state index contributed by atoms with van der Waals surface area (Å²) in [5, 5.41) is 13.6. The summed E-state index contributed by atoms with van der Waals surface area (Å²) in [6.07, 6.45) is 0. The Hall–Kier alpha value is -7.56. The lowest BCUT2D eigenvalue weighted by molar-refractivity contribution is 1.18. The average Bonchev–Trinajstić information content (AvgIpc) is 3.90. The van der Waals surface area contributed by atoms with Crippen molar-refractivity contribution in [1.29, 1.82) is 0 Å². The van der Waals surface area contributed by atoms with Gasteiger partial charge < -0.3 is 8.97 Å². The molecular weight excluding hydrogens is 681 g/mol. The fraction of sp³-hybridized carbons (Fsp3) is 0. The smallest absolute Gasteiger partial charge is 0.160 e. The summed E-state index contributed by atoms with van der Waals surface area (Å²) < 4.78 is 4.90. The zero-order valence-corrected chi connectivity index (χ0v) is 30.1. The van der Waals surface area contributed by atoms with E-state index < -0.39 is 0 Å². The molecule has 0 N–H and O–H groups in total. The summed E-state index contributed by atoms with van der Waals surface area (Å²) in [6.45, 7) is 0. The van der Waals surface area contributed by atoms with Crippen molar-refractivity contribution in [2.45, 2.75) is 0 Å². The van der Waals surface area contributed by atoms with Gasteiger partial charge >= 0.3 is 0 Å². The lowest BCUT2D eigenvalue weighted by Gasteiger charge is -2.13. The van der Waals surface area contributed by atoms with Gasteiger partial charge in [-0.15, -0.1) is 0 Å². The first-order valence-corrected chi connectivity index (χ1v) is 19.2. The van der Waals surface area contributed by atoms with Gasteiger partial charge in [0.2, 0.25) is 0 Å². The minimum Gasteiger partial charge on any atom is -0.309 e. The number of fused-ring (bicyclic) bond motifs is 13. The van der Waals surface area contributed by atoms with E-state index in [-0.39, 0.29) is 0 Å². The molecule has 4 heterocycles. The van der Waals surface area contributed by atoms with Crippen molar-refractivity contribution in [2.75, 3.05) is 0 Å². The maximum atomic E-state index is 5.31. The molecule has 0 saturated heterocycles. The van der Waals surface area contributed by atoms with E-state index in [1.165, 1.54) is 81.4 Å². The van der Waals surface area contributed by atoms with Crippen LogP contribution in [0.4, 0.5) is 0 Å².